The molecule has 1 aromatic carbocycles. The summed E-state index contributed by atoms with van der Waals surface area (Å²) in [6.07, 6.45) is 6.80. The van der Waals surface area contributed by atoms with Gasteiger partial charge < -0.3 is 25.0 Å². The number of amides is 1. The van der Waals surface area contributed by atoms with Gasteiger partial charge in [-0.15, -0.1) is 0 Å². The zero-order chi connectivity index (χ0) is 33.6. The number of nitrogens with zero attached hydrogens (tertiary/aromatic N) is 5. The molecule has 3 rings (SSSR count). The Morgan fingerprint density at radius 2 is 1.96 bits per heavy atom. The van der Waals surface area contributed by atoms with Crippen molar-refractivity contribution in [3.05, 3.63) is 77.1 Å². The first-order valence-corrected chi connectivity index (χ1v) is 15.6. The zero-order valence-corrected chi connectivity index (χ0v) is 28.1. The number of anilines is 2. The average Bonchev–Trinajstić information content (AvgIpc) is 3.03. The van der Waals surface area contributed by atoms with Gasteiger partial charge in [-0.25, -0.2) is 9.37 Å². The lowest BCUT2D eigenvalue weighted by Crippen LogP contribution is -2.56. The number of hydrogen-bond donors (Lipinski definition) is 2. The number of allylic oxidation sites excluding steroid dienone is 2. The summed E-state index contributed by atoms with van der Waals surface area (Å²) in [5.74, 6) is 0.00828. The molecule has 46 heavy (non-hydrogen) atoms. The van der Waals surface area contributed by atoms with E-state index in [0.29, 0.717) is 73.4 Å². The lowest BCUT2D eigenvalue weighted by atomic mass is 10.0. The summed E-state index contributed by atoms with van der Waals surface area (Å²) < 4.78 is 26.2. The van der Waals surface area contributed by atoms with E-state index in [9.17, 15) is 9.59 Å². The number of aromatic nitrogens is 1. The minimum Gasteiger partial charge on any atom is -0.490 e. The van der Waals surface area contributed by atoms with Gasteiger partial charge in [0.1, 0.15) is 30.0 Å². The fourth-order valence-corrected chi connectivity index (χ4v) is 4.91. The molecule has 0 spiro atoms. The quantitative estimate of drug-likeness (QED) is 0.130. The second-order valence-electron chi connectivity index (χ2n) is 11.3. The van der Waals surface area contributed by atoms with Gasteiger partial charge in [-0.1, -0.05) is 19.9 Å². The van der Waals surface area contributed by atoms with Gasteiger partial charge in [-0.05, 0) is 69.9 Å². The van der Waals surface area contributed by atoms with Crippen molar-refractivity contribution >= 4 is 29.1 Å². The zero-order valence-electron chi connectivity index (χ0n) is 28.1. The minimum absolute atomic E-state index is 0.105. The van der Waals surface area contributed by atoms with Crippen molar-refractivity contribution in [3.8, 4) is 0 Å². The van der Waals surface area contributed by atoms with Gasteiger partial charge in [0.05, 0.1) is 25.1 Å². The molecule has 1 aliphatic heterocycles. The number of methoxy groups -OCH3 is 1. The number of likely N-dealkylation sites (N-methyl/N-ethyl adjacent to an activating group) is 2. The molecule has 1 saturated heterocycles. The number of rotatable bonds is 15. The van der Waals surface area contributed by atoms with Crippen molar-refractivity contribution in [1.82, 2.24) is 19.7 Å². The predicted octanol–water partition coefficient (Wildman–Crippen LogP) is 3.80. The van der Waals surface area contributed by atoms with Crippen molar-refractivity contribution in [3.63, 3.8) is 0 Å². The third-order valence-electron chi connectivity index (χ3n) is 7.57. The number of pyridine rings is 1. The van der Waals surface area contributed by atoms with Crippen LogP contribution in [0.3, 0.4) is 0 Å². The maximum absolute atomic E-state index is 15.0. The number of aryl methyl sites for hydroxylation is 1. The summed E-state index contributed by atoms with van der Waals surface area (Å²) in [4.78, 5) is 39.8. The Morgan fingerprint density at radius 3 is 2.63 bits per heavy atom. The minimum atomic E-state index is -0.429. The summed E-state index contributed by atoms with van der Waals surface area (Å²) >= 11 is 0. The number of carbonyl (C=O) groups is 2. The molecule has 1 amide bonds. The molecular formula is C34H48FN7O4. The van der Waals surface area contributed by atoms with Crippen LogP contribution >= 0.6 is 0 Å². The fraction of sp³-hybridized carbons (Fsp3) is 0.471. The third-order valence-corrected chi connectivity index (χ3v) is 7.57. The Labute approximate surface area is 272 Å². The van der Waals surface area contributed by atoms with Crippen LogP contribution in [0.25, 0.3) is 0 Å². The molecule has 1 atom stereocenters. The highest BCUT2D eigenvalue weighted by Crippen LogP contribution is 2.22. The Morgan fingerprint density at radius 1 is 1.17 bits per heavy atom. The van der Waals surface area contributed by atoms with Gasteiger partial charge in [-0.3, -0.25) is 24.4 Å². The number of halogens is 1. The van der Waals surface area contributed by atoms with Crippen LogP contribution in [0.4, 0.5) is 15.9 Å². The standard InChI is InChI=1S/C34H48FN7O4/c1-8-10-31(46-18-17-40(4)5)29(21-28(36-3)26-19-24(9-2)11-12-27(26)35)38-25-13-14-37-32(20-25)39-33(43)23-42-16-15-41(6)30(22-42)34(44)45-7/h10-14,19-21,30H,8-9,15-18,22-23H2,1-7H3,(H2,37,38,39,43)/b29-21+,31-10-,36-28?. The maximum atomic E-state index is 15.0. The normalized spacial score (nSPS) is 16.8. The van der Waals surface area contributed by atoms with Gasteiger partial charge in [0.25, 0.3) is 0 Å². The highest BCUT2D eigenvalue weighted by molar-refractivity contribution is 6.09. The average molecular weight is 638 g/mol. The second kappa shape index (κ2) is 18.1. The van der Waals surface area contributed by atoms with Crippen LogP contribution in [0.15, 0.2) is 65.1 Å². The van der Waals surface area contributed by atoms with E-state index < -0.39 is 6.04 Å². The molecule has 1 unspecified atom stereocenters. The third kappa shape index (κ3) is 10.7. The van der Waals surface area contributed by atoms with Crippen LogP contribution < -0.4 is 10.6 Å². The maximum Gasteiger partial charge on any atom is 0.324 e. The summed E-state index contributed by atoms with van der Waals surface area (Å²) in [6, 6.07) is 8.12. The lowest BCUT2D eigenvalue weighted by molar-refractivity contribution is -0.149. The van der Waals surface area contributed by atoms with E-state index in [1.807, 2.05) is 61.8 Å². The Balaban J connectivity index is 1.86. The van der Waals surface area contributed by atoms with Crippen molar-refractivity contribution in [2.45, 2.75) is 32.7 Å². The Bertz CT molecular complexity index is 1430. The molecule has 2 aromatic rings. The van der Waals surface area contributed by atoms with E-state index in [1.165, 1.54) is 13.2 Å². The summed E-state index contributed by atoms with van der Waals surface area (Å²) in [5.41, 5.74) is 3.06. The Kier molecular flexibility index (Phi) is 14.3. The summed E-state index contributed by atoms with van der Waals surface area (Å²) in [5, 5.41) is 6.27. The number of esters is 1. The van der Waals surface area contributed by atoms with Gasteiger partial charge in [0, 0.05) is 56.7 Å². The van der Waals surface area contributed by atoms with Gasteiger partial charge >= 0.3 is 5.97 Å². The molecule has 2 heterocycles. The van der Waals surface area contributed by atoms with Gasteiger partial charge in [-0.2, -0.15) is 0 Å². The SMILES string of the molecule is CC/C=C(OCCN(C)C)/C(=C\C(=NC)c1cc(CC)ccc1F)Nc1ccnc(NC(=O)CN2CCN(C)C(C(=O)OC)C2)c1. The number of piperazine rings is 1. The molecule has 0 bridgehead atoms. The number of hydrogen-bond acceptors (Lipinski definition) is 10. The van der Waals surface area contributed by atoms with Crippen LogP contribution in [-0.2, 0) is 25.5 Å². The highest BCUT2D eigenvalue weighted by atomic mass is 19.1. The van der Waals surface area contributed by atoms with E-state index in [-0.39, 0.29) is 24.2 Å². The molecule has 0 aliphatic carbocycles. The van der Waals surface area contributed by atoms with Crippen molar-refractivity contribution in [1.29, 1.82) is 0 Å². The highest BCUT2D eigenvalue weighted by Gasteiger charge is 2.31. The van der Waals surface area contributed by atoms with Crippen LogP contribution in [0.5, 0.6) is 0 Å². The number of benzene rings is 1. The molecule has 1 fully saturated rings. The lowest BCUT2D eigenvalue weighted by Gasteiger charge is -2.37. The molecule has 1 aliphatic rings. The van der Waals surface area contributed by atoms with Gasteiger partial charge in [0.2, 0.25) is 5.91 Å². The van der Waals surface area contributed by atoms with Crippen LogP contribution in [0.2, 0.25) is 0 Å². The van der Waals surface area contributed by atoms with Crippen LogP contribution in [0.1, 0.15) is 31.4 Å². The fourth-order valence-electron chi connectivity index (χ4n) is 4.91. The van der Waals surface area contributed by atoms with Crippen LogP contribution in [0, 0.1) is 5.82 Å². The number of ether oxygens (including phenoxy) is 2. The number of carbonyl (C=O) groups excluding carboxylic acids is 2. The number of nitrogens with one attached hydrogen (secondary N) is 2. The molecular weight excluding hydrogens is 589 g/mol. The smallest absolute Gasteiger partial charge is 0.324 e. The van der Waals surface area contributed by atoms with Crippen molar-refractivity contribution in [2.24, 2.45) is 4.99 Å². The Hall–Kier alpha value is -4.13. The predicted molar refractivity (Wildman–Crippen MR) is 181 cm³/mol. The molecule has 2 N–H and O–H groups in total. The summed E-state index contributed by atoms with van der Waals surface area (Å²) in [6.45, 7) is 6.96. The first kappa shape index (κ1) is 36.3. The van der Waals surface area contributed by atoms with Crippen molar-refractivity contribution < 1.29 is 23.5 Å². The van der Waals surface area contributed by atoms with E-state index in [1.54, 1.807) is 37.5 Å². The number of aliphatic imine (C=N–C) groups is 1. The van der Waals surface area contributed by atoms with E-state index in [4.69, 9.17) is 9.47 Å². The first-order valence-electron chi connectivity index (χ1n) is 15.6. The van der Waals surface area contributed by atoms with E-state index >= 15 is 4.39 Å². The van der Waals surface area contributed by atoms with E-state index in [0.717, 1.165) is 12.0 Å². The molecule has 0 radical (unpaired) electrons. The molecule has 250 valence electrons. The van der Waals surface area contributed by atoms with Crippen LogP contribution in [-0.4, -0.2) is 118 Å². The largest absolute Gasteiger partial charge is 0.490 e. The topological polar surface area (TPSA) is 112 Å². The first-order chi connectivity index (χ1) is 22.1. The monoisotopic (exact) mass is 637 g/mol. The van der Waals surface area contributed by atoms with E-state index in [2.05, 4.69) is 20.6 Å². The second-order valence-corrected chi connectivity index (χ2v) is 11.3. The molecule has 1 aromatic heterocycles. The summed E-state index contributed by atoms with van der Waals surface area (Å²) in [7, 11) is 8.81. The van der Waals surface area contributed by atoms with Gasteiger partial charge in [0.15, 0.2) is 0 Å². The molecule has 12 heteroatoms. The molecule has 0 saturated carbocycles. The van der Waals surface area contributed by atoms with Crippen molar-refractivity contribution in [2.75, 3.05) is 85.3 Å². The molecule has 11 nitrogen and oxygen atoms in total.